The molecule has 10 atom stereocenters. The van der Waals surface area contributed by atoms with Crippen molar-refractivity contribution in [2.45, 2.75) is 114 Å². The van der Waals surface area contributed by atoms with E-state index in [9.17, 15) is 0 Å². The van der Waals surface area contributed by atoms with Gasteiger partial charge in [-0.25, -0.2) is 0 Å². The molecule has 0 N–H and O–H groups in total. The average Bonchev–Trinajstić information content (AvgIpc) is 3.29. The molecule has 5 aliphatic rings. The molecular formula is C25H45NSi. The van der Waals surface area contributed by atoms with Crippen LogP contribution in [0.1, 0.15) is 78.1 Å². The van der Waals surface area contributed by atoms with E-state index in [2.05, 4.69) is 38.9 Å². The second-order valence-electron chi connectivity index (χ2n) is 12.4. The first-order valence-electron chi connectivity index (χ1n) is 12.6. The second-order valence-corrected chi connectivity index (χ2v) is 17.4. The topological polar surface area (TPSA) is 3.24 Å². The summed E-state index contributed by atoms with van der Waals surface area (Å²) < 4.78 is 0. The van der Waals surface area contributed by atoms with Crippen molar-refractivity contribution in [3.63, 3.8) is 0 Å². The average molecular weight is 388 g/mol. The van der Waals surface area contributed by atoms with Crippen LogP contribution in [0, 0.1) is 35.5 Å². The minimum absolute atomic E-state index is 0.937. The molecule has 10 unspecified atom stereocenters. The van der Waals surface area contributed by atoms with Crippen molar-refractivity contribution in [3.8, 4) is 0 Å². The lowest BCUT2D eigenvalue weighted by Gasteiger charge is -2.47. The zero-order valence-electron chi connectivity index (χ0n) is 18.8. The lowest BCUT2D eigenvalue weighted by molar-refractivity contribution is 0.109. The van der Waals surface area contributed by atoms with Crippen LogP contribution in [0.25, 0.3) is 0 Å². The summed E-state index contributed by atoms with van der Waals surface area (Å²) in [6.45, 7) is 10.9. The highest BCUT2D eigenvalue weighted by molar-refractivity contribution is 6.80. The Morgan fingerprint density at radius 3 is 2.22 bits per heavy atom. The van der Waals surface area contributed by atoms with E-state index >= 15 is 0 Å². The molecule has 1 aliphatic heterocycles. The van der Waals surface area contributed by atoms with Gasteiger partial charge in [0.15, 0.2) is 0 Å². The Morgan fingerprint density at radius 2 is 1.52 bits per heavy atom. The van der Waals surface area contributed by atoms with Crippen molar-refractivity contribution in [2.24, 2.45) is 35.5 Å². The number of hydrogen-bond acceptors (Lipinski definition) is 1. The first-order chi connectivity index (χ1) is 12.9. The predicted molar refractivity (Wildman–Crippen MR) is 119 cm³/mol. The molecule has 1 heterocycles. The molecule has 5 rings (SSSR count). The highest BCUT2D eigenvalue weighted by Gasteiger charge is 2.65. The summed E-state index contributed by atoms with van der Waals surface area (Å²) in [7, 11) is 1.31. The van der Waals surface area contributed by atoms with E-state index in [-0.39, 0.29) is 0 Å². The summed E-state index contributed by atoms with van der Waals surface area (Å²) >= 11 is 0. The number of fused-ring (bicyclic) bond motifs is 5. The maximum atomic E-state index is 2.98. The molecule has 2 heteroatoms. The molecule has 0 amide bonds. The van der Waals surface area contributed by atoms with Gasteiger partial charge in [0, 0.05) is 12.1 Å². The van der Waals surface area contributed by atoms with E-state index in [1.807, 2.05) is 0 Å². The van der Waals surface area contributed by atoms with Crippen LogP contribution in [0.5, 0.6) is 0 Å². The predicted octanol–water partition coefficient (Wildman–Crippen LogP) is 6.81. The Hall–Kier alpha value is 0.177. The molecule has 27 heavy (non-hydrogen) atoms. The molecule has 4 saturated carbocycles. The molecular weight excluding hydrogens is 342 g/mol. The Morgan fingerprint density at radius 1 is 0.778 bits per heavy atom. The molecule has 5 fully saturated rings. The molecule has 0 radical (unpaired) electrons. The van der Waals surface area contributed by atoms with Gasteiger partial charge >= 0.3 is 0 Å². The highest BCUT2D eigenvalue weighted by Crippen LogP contribution is 2.67. The number of rotatable bonds is 2. The lowest BCUT2D eigenvalue weighted by atomic mass is 9.73. The molecule has 0 aromatic carbocycles. The SMILES string of the molecule is CC1CCC2C(C1)C1C(C3CCCCC3C1[Si](C)(C)C1CCCC1C)N2C. The summed E-state index contributed by atoms with van der Waals surface area (Å²) in [5, 5.41) is 0. The van der Waals surface area contributed by atoms with Gasteiger partial charge in [-0.15, -0.1) is 0 Å². The molecule has 4 aliphatic carbocycles. The minimum atomic E-state index is -1.25. The smallest absolute Gasteiger partial charge is 0.0544 e. The highest BCUT2D eigenvalue weighted by atomic mass is 28.3. The number of nitrogens with zero attached hydrogens (tertiary/aromatic N) is 1. The third-order valence-electron chi connectivity index (χ3n) is 10.9. The van der Waals surface area contributed by atoms with Gasteiger partial charge in [-0.3, -0.25) is 4.90 Å². The molecule has 1 nitrogen and oxygen atoms in total. The minimum Gasteiger partial charge on any atom is -0.300 e. The van der Waals surface area contributed by atoms with Crippen molar-refractivity contribution in [1.29, 1.82) is 0 Å². The van der Waals surface area contributed by atoms with Crippen molar-refractivity contribution in [3.05, 3.63) is 0 Å². The summed E-state index contributed by atoms with van der Waals surface area (Å²) in [5.41, 5.74) is 2.26. The van der Waals surface area contributed by atoms with Gasteiger partial charge in [-0.1, -0.05) is 65.5 Å². The van der Waals surface area contributed by atoms with Crippen LogP contribution in [-0.4, -0.2) is 32.1 Å². The van der Waals surface area contributed by atoms with Crippen LogP contribution >= 0.6 is 0 Å². The van der Waals surface area contributed by atoms with Gasteiger partial charge in [-0.2, -0.15) is 0 Å². The maximum absolute atomic E-state index is 2.98. The van der Waals surface area contributed by atoms with Crippen molar-refractivity contribution < 1.29 is 0 Å². The van der Waals surface area contributed by atoms with Gasteiger partial charge < -0.3 is 0 Å². The quantitative estimate of drug-likeness (QED) is 0.470. The fourth-order valence-electron chi connectivity index (χ4n) is 10.0. The van der Waals surface area contributed by atoms with Gasteiger partial charge in [0.25, 0.3) is 0 Å². The van der Waals surface area contributed by atoms with Crippen molar-refractivity contribution >= 4 is 8.07 Å². The standard InChI is InChI=1S/C25H45NSi/c1-16-13-14-21-20(15-16)23-24(26(21)3)18-10-6-7-11-19(18)25(23)27(4,5)22-12-8-9-17(22)2/h16-25H,6-15H2,1-5H3. The maximum Gasteiger partial charge on any atom is 0.0544 e. The van der Waals surface area contributed by atoms with Crippen LogP contribution in [0.2, 0.25) is 24.2 Å². The third kappa shape index (κ3) is 2.78. The summed E-state index contributed by atoms with van der Waals surface area (Å²) in [6, 6.07) is 1.90. The first-order valence-corrected chi connectivity index (χ1v) is 15.8. The zero-order chi connectivity index (χ0) is 18.9. The Labute approximate surface area is 170 Å². The Kier molecular flexibility index (Phi) is 4.87. The monoisotopic (exact) mass is 387 g/mol. The molecule has 0 bridgehead atoms. The third-order valence-corrected chi connectivity index (χ3v) is 16.2. The number of hydrogen-bond donors (Lipinski definition) is 0. The van der Waals surface area contributed by atoms with E-state index in [1.54, 1.807) is 25.7 Å². The molecule has 1 saturated heterocycles. The normalized spacial score (nSPS) is 53.2. The van der Waals surface area contributed by atoms with Crippen LogP contribution < -0.4 is 0 Å². The Bertz CT molecular complexity index is 559. The van der Waals surface area contributed by atoms with E-state index < -0.39 is 8.07 Å². The van der Waals surface area contributed by atoms with Crippen LogP contribution in [0.3, 0.4) is 0 Å². The fraction of sp³-hybridized carbons (Fsp3) is 1.00. The molecule has 0 aromatic heterocycles. The first kappa shape index (κ1) is 19.2. The number of likely N-dealkylation sites (tertiary alicyclic amines) is 1. The van der Waals surface area contributed by atoms with Gasteiger partial charge in [0.1, 0.15) is 0 Å². The molecule has 0 spiro atoms. The molecule has 154 valence electrons. The zero-order valence-corrected chi connectivity index (χ0v) is 19.8. The summed E-state index contributed by atoms with van der Waals surface area (Å²) in [5.74, 6) is 6.28. The van der Waals surface area contributed by atoms with E-state index in [0.29, 0.717) is 0 Å². The van der Waals surface area contributed by atoms with Gasteiger partial charge in [0.2, 0.25) is 0 Å². The van der Waals surface area contributed by atoms with Crippen LogP contribution in [0.4, 0.5) is 0 Å². The van der Waals surface area contributed by atoms with Gasteiger partial charge in [0.05, 0.1) is 8.07 Å². The van der Waals surface area contributed by atoms with E-state index in [1.165, 1.54) is 38.5 Å². The lowest BCUT2D eigenvalue weighted by Crippen LogP contribution is -2.46. The van der Waals surface area contributed by atoms with Gasteiger partial charge in [-0.05, 0) is 79.3 Å². The largest absolute Gasteiger partial charge is 0.300 e. The van der Waals surface area contributed by atoms with E-state index in [0.717, 1.165) is 58.7 Å². The second kappa shape index (κ2) is 6.86. The summed E-state index contributed by atoms with van der Waals surface area (Å²) in [4.78, 5) is 2.98. The molecule has 0 aromatic rings. The van der Waals surface area contributed by atoms with Crippen molar-refractivity contribution in [1.82, 2.24) is 4.90 Å². The fourth-order valence-corrected chi connectivity index (χ4v) is 16.1. The van der Waals surface area contributed by atoms with Crippen LogP contribution in [-0.2, 0) is 0 Å². The Balaban J connectivity index is 1.54. The summed E-state index contributed by atoms with van der Waals surface area (Å²) in [6.07, 6.45) is 15.4. The van der Waals surface area contributed by atoms with E-state index in [4.69, 9.17) is 0 Å². The van der Waals surface area contributed by atoms with Crippen LogP contribution in [0.15, 0.2) is 0 Å². The van der Waals surface area contributed by atoms with Crippen molar-refractivity contribution in [2.75, 3.05) is 7.05 Å².